The van der Waals surface area contributed by atoms with Gasteiger partial charge >= 0.3 is 0 Å². The number of para-hydroxylation sites is 1. The summed E-state index contributed by atoms with van der Waals surface area (Å²) in [6.07, 6.45) is 4.86. The van der Waals surface area contributed by atoms with Crippen molar-refractivity contribution in [3.05, 3.63) is 23.8 Å². The summed E-state index contributed by atoms with van der Waals surface area (Å²) in [5, 5.41) is 3.45. The highest BCUT2D eigenvalue weighted by Crippen LogP contribution is 2.31. The summed E-state index contributed by atoms with van der Waals surface area (Å²) in [6.45, 7) is 10.8. The van der Waals surface area contributed by atoms with E-state index in [0.717, 1.165) is 31.1 Å². The number of hydrogen-bond donors (Lipinski definition) is 1. The summed E-state index contributed by atoms with van der Waals surface area (Å²) in [4.78, 5) is 0. The maximum Gasteiger partial charge on any atom is 0.165 e. The molecule has 1 aromatic carbocycles. The van der Waals surface area contributed by atoms with Gasteiger partial charge in [-0.3, -0.25) is 0 Å². The van der Waals surface area contributed by atoms with Gasteiger partial charge in [-0.05, 0) is 19.4 Å². The summed E-state index contributed by atoms with van der Waals surface area (Å²) in [6, 6.07) is 6.59. The molecule has 1 aromatic rings. The molecule has 3 nitrogen and oxygen atoms in total. The molecule has 1 rings (SSSR count). The van der Waals surface area contributed by atoms with Gasteiger partial charge in [0, 0.05) is 18.2 Å². The van der Waals surface area contributed by atoms with Crippen LogP contribution in [0, 0.1) is 0 Å². The standard InChI is InChI=1S/C18H31NO2/c1-5-7-8-9-13-21-18-16(14-19-15(3)4)11-10-12-17(18)20-6-2/h10-12,15,19H,5-9,13-14H2,1-4H3. The topological polar surface area (TPSA) is 30.5 Å². The van der Waals surface area contributed by atoms with Crippen LogP contribution in [0.4, 0.5) is 0 Å². The molecular weight excluding hydrogens is 262 g/mol. The number of benzene rings is 1. The largest absolute Gasteiger partial charge is 0.490 e. The van der Waals surface area contributed by atoms with Crippen LogP contribution in [0.1, 0.15) is 58.9 Å². The second-order valence-electron chi connectivity index (χ2n) is 5.62. The van der Waals surface area contributed by atoms with E-state index in [0.29, 0.717) is 12.6 Å². The highest BCUT2D eigenvalue weighted by atomic mass is 16.5. The van der Waals surface area contributed by atoms with Crippen LogP contribution in [0.5, 0.6) is 11.5 Å². The zero-order chi connectivity index (χ0) is 15.5. The summed E-state index contributed by atoms with van der Waals surface area (Å²) < 4.78 is 11.7. The van der Waals surface area contributed by atoms with Crippen molar-refractivity contribution in [2.45, 2.75) is 66.0 Å². The molecule has 0 bridgehead atoms. The van der Waals surface area contributed by atoms with Gasteiger partial charge in [0.1, 0.15) is 0 Å². The molecule has 0 saturated carbocycles. The third-order valence-electron chi connectivity index (χ3n) is 3.31. The number of ether oxygens (including phenoxy) is 2. The second kappa shape index (κ2) is 10.5. The van der Waals surface area contributed by atoms with Crippen molar-refractivity contribution in [3.63, 3.8) is 0 Å². The minimum Gasteiger partial charge on any atom is -0.490 e. The predicted molar refractivity (Wildman–Crippen MR) is 89.2 cm³/mol. The minimum atomic E-state index is 0.457. The molecule has 120 valence electrons. The van der Waals surface area contributed by atoms with Crippen LogP contribution in [0.2, 0.25) is 0 Å². The SMILES string of the molecule is CCCCCCOc1c(CNC(C)C)cccc1OCC. The van der Waals surface area contributed by atoms with Crippen LogP contribution in [-0.4, -0.2) is 19.3 Å². The van der Waals surface area contributed by atoms with Crippen molar-refractivity contribution in [1.82, 2.24) is 5.32 Å². The van der Waals surface area contributed by atoms with E-state index in [1.54, 1.807) is 0 Å². The summed E-state index contributed by atoms with van der Waals surface area (Å²) in [5.74, 6) is 1.76. The second-order valence-corrected chi connectivity index (χ2v) is 5.62. The summed E-state index contributed by atoms with van der Waals surface area (Å²) >= 11 is 0. The molecule has 0 aliphatic heterocycles. The first-order valence-electron chi connectivity index (χ1n) is 8.29. The lowest BCUT2D eigenvalue weighted by Crippen LogP contribution is -2.22. The molecule has 0 aliphatic carbocycles. The fraction of sp³-hybridized carbons (Fsp3) is 0.667. The fourth-order valence-electron chi connectivity index (χ4n) is 2.15. The molecule has 3 heteroatoms. The Hall–Kier alpha value is -1.22. The molecule has 0 fully saturated rings. The Morgan fingerprint density at radius 1 is 1.05 bits per heavy atom. The van der Waals surface area contributed by atoms with Crippen molar-refractivity contribution < 1.29 is 9.47 Å². The van der Waals surface area contributed by atoms with E-state index in [2.05, 4.69) is 32.2 Å². The lowest BCUT2D eigenvalue weighted by molar-refractivity contribution is 0.267. The van der Waals surface area contributed by atoms with Crippen LogP contribution in [0.25, 0.3) is 0 Å². The van der Waals surface area contributed by atoms with Gasteiger partial charge < -0.3 is 14.8 Å². The van der Waals surface area contributed by atoms with Crippen molar-refractivity contribution in [2.75, 3.05) is 13.2 Å². The molecule has 0 heterocycles. The van der Waals surface area contributed by atoms with Crippen LogP contribution in [0.3, 0.4) is 0 Å². The van der Waals surface area contributed by atoms with Gasteiger partial charge in [-0.2, -0.15) is 0 Å². The van der Waals surface area contributed by atoms with Gasteiger partial charge in [-0.25, -0.2) is 0 Å². The lowest BCUT2D eigenvalue weighted by atomic mass is 10.1. The zero-order valence-corrected chi connectivity index (χ0v) is 14.1. The van der Waals surface area contributed by atoms with Gasteiger partial charge in [-0.1, -0.05) is 52.2 Å². The number of unbranched alkanes of at least 4 members (excludes halogenated alkanes) is 3. The first-order chi connectivity index (χ1) is 10.2. The summed E-state index contributed by atoms with van der Waals surface area (Å²) in [7, 11) is 0. The van der Waals surface area contributed by atoms with E-state index in [-0.39, 0.29) is 0 Å². The number of nitrogens with one attached hydrogen (secondary N) is 1. The first kappa shape index (κ1) is 17.8. The molecule has 21 heavy (non-hydrogen) atoms. The quantitative estimate of drug-likeness (QED) is 0.607. The summed E-state index contributed by atoms with van der Waals surface area (Å²) in [5.41, 5.74) is 1.17. The highest BCUT2D eigenvalue weighted by Gasteiger charge is 2.11. The molecule has 0 saturated heterocycles. The van der Waals surface area contributed by atoms with E-state index in [9.17, 15) is 0 Å². The van der Waals surface area contributed by atoms with E-state index >= 15 is 0 Å². The van der Waals surface area contributed by atoms with Crippen LogP contribution in [-0.2, 0) is 6.54 Å². The molecule has 0 atom stereocenters. The van der Waals surface area contributed by atoms with E-state index < -0.39 is 0 Å². The van der Waals surface area contributed by atoms with Gasteiger partial charge in [0.2, 0.25) is 0 Å². The molecule has 0 radical (unpaired) electrons. The fourth-order valence-corrected chi connectivity index (χ4v) is 2.15. The minimum absolute atomic E-state index is 0.457. The van der Waals surface area contributed by atoms with Crippen molar-refractivity contribution >= 4 is 0 Å². The lowest BCUT2D eigenvalue weighted by Gasteiger charge is -2.17. The third kappa shape index (κ3) is 6.85. The molecule has 1 N–H and O–H groups in total. The molecule has 0 aromatic heterocycles. The smallest absolute Gasteiger partial charge is 0.165 e. The van der Waals surface area contributed by atoms with Crippen LogP contribution >= 0.6 is 0 Å². The maximum absolute atomic E-state index is 6.03. The van der Waals surface area contributed by atoms with Crippen LogP contribution in [0.15, 0.2) is 18.2 Å². The molecule has 0 unspecified atom stereocenters. The number of rotatable bonds is 11. The average Bonchev–Trinajstić information content (AvgIpc) is 2.46. The normalized spacial score (nSPS) is 10.9. The first-order valence-corrected chi connectivity index (χ1v) is 8.29. The Kier molecular flexibility index (Phi) is 8.91. The maximum atomic E-state index is 6.03. The molecule has 0 aliphatic rings. The average molecular weight is 293 g/mol. The monoisotopic (exact) mass is 293 g/mol. The van der Waals surface area contributed by atoms with E-state index in [1.807, 2.05) is 19.1 Å². The molecular formula is C18H31NO2. The molecule has 0 spiro atoms. The van der Waals surface area contributed by atoms with Crippen molar-refractivity contribution in [1.29, 1.82) is 0 Å². The number of hydrogen-bond acceptors (Lipinski definition) is 3. The molecule has 0 amide bonds. The van der Waals surface area contributed by atoms with Gasteiger partial charge in [0.25, 0.3) is 0 Å². The van der Waals surface area contributed by atoms with E-state index in [1.165, 1.54) is 24.8 Å². The predicted octanol–water partition coefficient (Wildman–Crippen LogP) is 4.54. The third-order valence-corrected chi connectivity index (χ3v) is 3.31. The highest BCUT2D eigenvalue weighted by molar-refractivity contribution is 5.46. The van der Waals surface area contributed by atoms with Crippen LogP contribution < -0.4 is 14.8 Å². The van der Waals surface area contributed by atoms with Gasteiger partial charge in [0.15, 0.2) is 11.5 Å². The zero-order valence-electron chi connectivity index (χ0n) is 14.1. The Labute approximate surface area is 130 Å². The Morgan fingerprint density at radius 3 is 2.52 bits per heavy atom. The van der Waals surface area contributed by atoms with Gasteiger partial charge in [-0.15, -0.1) is 0 Å². The Bertz CT molecular complexity index is 391. The Balaban J connectivity index is 2.69. The van der Waals surface area contributed by atoms with Crippen molar-refractivity contribution in [3.8, 4) is 11.5 Å². The van der Waals surface area contributed by atoms with E-state index in [4.69, 9.17) is 9.47 Å². The van der Waals surface area contributed by atoms with Crippen molar-refractivity contribution in [2.24, 2.45) is 0 Å². The Morgan fingerprint density at radius 2 is 1.86 bits per heavy atom. The van der Waals surface area contributed by atoms with Gasteiger partial charge in [0.05, 0.1) is 13.2 Å².